The van der Waals surface area contributed by atoms with Crippen LogP contribution in [0.3, 0.4) is 0 Å². The molecule has 3 aromatic heterocycles. The lowest BCUT2D eigenvalue weighted by atomic mass is 10.1. The summed E-state index contributed by atoms with van der Waals surface area (Å²) < 4.78 is 2.48. The summed E-state index contributed by atoms with van der Waals surface area (Å²) in [5.74, 6) is 0.574. The number of aromatic nitrogens is 4. The largest absolute Gasteiger partial charge is 0.368 e. The number of anilines is 1. The van der Waals surface area contributed by atoms with E-state index >= 15 is 0 Å². The quantitative estimate of drug-likeness (QED) is 0.415. The van der Waals surface area contributed by atoms with Gasteiger partial charge in [-0.1, -0.05) is 29.8 Å². The van der Waals surface area contributed by atoms with Crippen LogP contribution in [0.15, 0.2) is 65.5 Å². The summed E-state index contributed by atoms with van der Waals surface area (Å²) in [4.78, 5) is 20.7. The Morgan fingerprint density at radius 3 is 2.79 bits per heavy atom. The number of pyridine rings is 1. The van der Waals surface area contributed by atoms with Crippen molar-refractivity contribution in [3.8, 4) is 11.3 Å². The van der Waals surface area contributed by atoms with Gasteiger partial charge in [-0.15, -0.1) is 0 Å². The monoisotopic (exact) mass is 470 g/mol. The maximum Gasteiger partial charge on any atom is 0.252 e. The summed E-state index contributed by atoms with van der Waals surface area (Å²) >= 11 is 9.83. The van der Waals surface area contributed by atoms with Crippen molar-refractivity contribution in [1.82, 2.24) is 24.9 Å². The van der Waals surface area contributed by atoms with Gasteiger partial charge in [-0.25, -0.2) is 4.98 Å². The molecule has 4 aromatic rings. The number of fused-ring (bicyclic) bond motifs is 1. The highest BCUT2D eigenvalue weighted by atomic mass is 79.9. The maximum absolute atomic E-state index is 12.1. The van der Waals surface area contributed by atoms with Gasteiger partial charge in [0.25, 0.3) is 5.91 Å². The van der Waals surface area contributed by atoms with Crippen molar-refractivity contribution in [3.63, 3.8) is 0 Å². The standard InChI is InChI=1S/C20H16BrClN6O/c21-15-12-26-28-18(24-8-9-25-20(29)13-4-3-7-23-11-13)10-17(27-19(15)28)14-5-1-2-6-16(14)22/h1-7,10-12,24H,8-9H2,(H,25,29). The molecule has 0 atom stereocenters. The van der Waals surface area contributed by atoms with Gasteiger partial charge in [-0.05, 0) is 34.1 Å². The normalized spacial score (nSPS) is 10.8. The number of hydrogen-bond donors (Lipinski definition) is 2. The van der Waals surface area contributed by atoms with Crippen molar-refractivity contribution in [2.24, 2.45) is 0 Å². The third kappa shape index (κ3) is 4.23. The van der Waals surface area contributed by atoms with Crippen molar-refractivity contribution >= 4 is 44.9 Å². The van der Waals surface area contributed by atoms with Crippen LogP contribution in [-0.4, -0.2) is 38.6 Å². The van der Waals surface area contributed by atoms with Gasteiger partial charge in [0.15, 0.2) is 5.65 Å². The second kappa shape index (κ2) is 8.59. The van der Waals surface area contributed by atoms with Gasteiger partial charge < -0.3 is 10.6 Å². The molecule has 0 aliphatic rings. The minimum absolute atomic E-state index is 0.168. The van der Waals surface area contributed by atoms with E-state index in [1.807, 2.05) is 30.3 Å². The molecule has 29 heavy (non-hydrogen) atoms. The molecule has 0 fully saturated rings. The fourth-order valence-electron chi connectivity index (χ4n) is 2.83. The second-order valence-electron chi connectivity index (χ2n) is 6.16. The first-order chi connectivity index (χ1) is 14.1. The Balaban J connectivity index is 1.52. The van der Waals surface area contributed by atoms with E-state index in [-0.39, 0.29) is 5.91 Å². The summed E-state index contributed by atoms with van der Waals surface area (Å²) in [6, 6.07) is 12.9. The summed E-state index contributed by atoms with van der Waals surface area (Å²) in [5, 5.41) is 11.1. The van der Waals surface area contributed by atoms with Crippen LogP contribution in [0.5, 0.6) is 0 Å². The fraction of sp³-hybridized carbons (Fsp3) is 0.100. The van der Waals surface area contributed by atoms with Crippen LogP contribution >= 0.6 is 27.5 Å². The Morgan fingerprint density at radius 2 is 2.00 bits per heavy atom. The van der Waals surface area contributed by atoms with Gasteiger partial charge in [0.05, 0.1) is 21.9 Å². The first-order valence-electron chi connectivity index (χ1n) is 8.85. The second-order valence-corrected chi connectivity index (χ2v) is 7.42. The number of nitrogens with zero attached hydrogens (tertiary/aromatic N) is 4. The number of benzene rings is 1. The van der Waals surface area contributed by atoms with Gasteiger partial charge >= 0.3 is 0 Å². The highest BCUT2D eigenvalue weighted by Crippen LogP contribution is 2.30. The Hall–Kier alpha value is -2.97. The number of rotatable bonds is 6. The van der Waals surface area contributed by atoms with E-state index in [1.165, 1.54) is 6.20 Å². The van der Waals surface area contributed by atoms with Crippen LogP contribution in [0.2, 0.25) is 5.02 Å². The Kier molecular flexibility index (Phi) is 5.73. The molecule has 9 heteroatoms. The molecular weight excluding hydrogens is 456 g/mol. The molecule has 4 rings (SSSR count). The molecule has 0 spiro atoms. The number of carbonyl (C=O) groups excluding carboxylic acids is 1. The highest BCUT2D eigenvalue weighted by Gasteiger charge is 2.13. The fourth-order valence-corrected chi connectivity index (χ4v) is 3.42. The van der Waals surface area contributed by atoms with Crippen molar-refractivity contribution in [2.75, 3.05) is 18.4 Å². The van der Waals surface area contributed by atoms with Crippen molar-refractivity contribution in [3.05, 3.63) is 76.1 Å². The summed E-state index contributed by atoms with van der Waals surface area (Å²) in [5.41, 5.74) is 2.75. The van der Waals surface area contributed by atoms with Crippen molar-refractivity contribution < 1.29 is 4.79 Å². The van der Waals surface area contributed by atoms with Gasteiger partial charge in [0, 0.05) is 42.1 Å². The van der Waals surface area contributed by atoms with E-state index in [1.54, 1.807) is 29.0 Å². The third-order valence-corrected chi connectivity index (χ3v) is 5.11. The van der Waals surface area contributed by atoms with Crippen LogP contribution in [0.25, 0.3) is 16.9 Å². The van der Waals surface area contributed by atoms with E-state index < -0.39 is 0 Å². The predicted octanol–water partition coefficient (Wildman–Crippen LogP) is 4.05. The Morgan fingerprint density at radius 1 is 1.14 bits per heavy atom. The molecule has 1 amide bonds. The third-order valence-electron chi connectivity index (χ3n) is 4.22. The topological polar surface area (TPSA) is 84.2 Å². The maximum atomic E-state index is 12.1. The molecule has 0 aliphatic carbocycles. The molecule has 0 saturated heterocycles. The zero-order valence-electron chi connectivity index (χ0n) is 15.1. The minimum Gasteiger partial charge on any atom is -0.368 e. The summed E-state index contributed by atoms with van der Waals surface area (Å²) in [6.45, 7) is 0.936. The van der Waals surface area contributed by atoms with Gasteiger partial charge in [0.2, 0.25) is 0 Å². The van der Waals surface area contributed by atoms with Crippen LogP contribution in [-0.2, 0) is 0 Å². The van der Waals surface area contributed by atoms with Gasteiger partial charge in [-0.2, -0.15) is 9.61 Å². The van der Waals surface area contributed by atoms with Gasteiger partial charge in [0.1, 0.15) is 5.82 Å². The molecule has 2 N–H and O–H groups in total. The lowest BCUT2D eigenvalue weighted by Gasteiger charge is -2.12. The zero-order chi connectivity index (χ0) is 20.2. The van der Waals surface area contributed by atoms with Crippen LogP contribution in [0.4, 0.5) is 5.82 Å². The molecule has 0 unspecified atom stereocenters. The Bertz CT molecular complexity index is 1160. The molecule has 7 nitrogen and oxygen atoms in total. The van der Waals surface area contributed by atoms with Crippen LogP contribution < -0.4 is 10.6 Å². The first kappa shape index (κ1) is 19.4. The average molecular weight is 472 g/mol. The average Bonchev–Trinajstić information content (AvgIpc) is 3.13. The minimum atomic E-state index is -0.168. The first-order valence-corrected chi connectivity index (χ1v) is 10.0. The molecule has 0 radical (unpaired) electrons. The van der Waals surface area contributed by atoms with Crippen LogP contribution in [0, 0.1) is 0 Å². The van der Waals surface area contributed by atoms with E-state index in [4.69, 9.17) is 11.6 Å². The number of nitrogens with one attached hydrogen (secondary N) is 2. The van der Waals surface area contributed by atoms with E-state index in [0.29, 0.717) is 29.3 Å². The number of hydrogen-bond acceptors (Lipinski definition) is 5. The lowest BCUT2D eigenvalue weighted by molar-refractivity contribution is 0.0955. The molecule has 0 saturated carbocycles. The SMILES string of the molecule is O=C(NCCNc1cc(-c2ccccc2Cl)nc2c(Br)cnn12)c1cccnc1. The number of amides is 1. The van der Waals surface area contributed by atoms with E-state index in [2.05, 4.69) is 41.6 Å². The molecule has 0 bridgehead atoms. The predicted molar refractivity (Wildman–Crippen MR) is 116 cm³/mol. The highest BCUT2D eigenvalue weighted by molar-refractivity contribution is 9.10. The summed E-state index contributed by atoms with van der Waals surface area (Å²) in [7, 11) is 0. The molecule has 146 valence electrons. The summed E-state index contributed by atoms with van der Waals surface area (Å²) in [6.07, 6.45) is 4.85. The lowest BCUT2D eigenvalue weighted by Crippen LogP contribution is -2.29. The van der Waals surface area contributed by atoms with E-state index in [0.717, 1.165) is 21.5 Å². The van der Waals surface area contributed by atoms with Gasteiger partial charge in [-0.3, -0.25) is 9.78 Å². The van der Waals surface area contributed by atoms with Crippen molar-refractivity contribution in [2.45, 2.75) is 0 Å². The number of carbonyl (C=O) groups is 1. The van der Waals surface area contributed by atoms with Crippen molar-refractivity contribution in [1.29, 1.82) is 0 Å². The van der Waals surface area contributed by atoms with E-state index in [9.17, 15) is 4.79 Å². The number of halogens is 2. The Labute approximate surface area is 180 Å². The molecule has 0 aliphatic heterocycles. The zero-order valence-corrected chi connectivity index (χ0v) is 17.5. The van der Waals surface area contributed by atoms with Crippen LogP contribution in [0.1, 0.15) is 10.4 Å². The molecular formula is C20H16BrClN6O. The smallest absolute Gasteiger partial charge is 0.252 e. The molecule has 1 aromatic carbocycles. The molecule has 3 heterocycles.